The summed E-state index contributed by atoms with van der Waals surface area (Å²) in [7, 11) is -2.60. The largest absolute Gasteiger partial charge is 0.454 e. The molecule has 6 nitrogen and oxygen atoms in total. The average Bonchev–Trinajstić information content (AvgIpc) is 2.83. The third-order valence-corrected chi connectivity index (χ3v) is 6.35. The number of fused-ring (bicyclic) bond motifs is 2. The maximum Gasteiger partial charge on any atom is 0.416 e. The van der Waals surface area contributed by atoms with Crippen LogP contribution in [0.5, 0.6) is 11.5 Å². The van der Waals surface area contributed by atoms with E-state index in [-0.39, 0.29) is 21.9 Å². The van der Waals surface area contributed by atoms with Crippen LogP contribution in [0.3, 0.4) is 0 Å². The number of ether oxygens (including phenoxy) is 1. The number of carbonyl (C=O) groups is 1. The lowest BCUT2D eigenvalue weighted by Crippen LogP contribution is -2.25. The first-order valence-electron chi connectivity index (χ1n) is 9.36. The van der Waals surface area contributed by atoms with Crippen LogP contribution in [0.2, 0.25) is 0 Å². The zero-order valence-corrected chi connectivity index (χ0v) is 17.7. The molecule has 1 aliphatic heterocycles. The molecule has 0 fully saturated rings. The molecule has 0 aliphatic carbocycles. The van der Waals surface area contributed by atoms with Gasteiger partial charge in [-0.3, -0.25) is 9.52 Å². The maximum atomic E-state index is 13.0. The molecule has 1 amide bonds. The van der Waals surface area contributed by atoms with E-state index in [1.165, 1.54) is 23.1 Å². The fraction of sp³-hybridized carbons (Fsp3) is 0.136. The van der Waals surface area contributed by atoms with E-state index in [9.17, 15) is 26.4 Å². The summed E-state index contributed by atoms with van der Waals surface area (Å²) in [6.07, 6.45) is -4.57. The summed E-state index contributed by atoms with van der Waals surface area (Å²) in [5, 5.41) is 0. The van der Waals surface area contributed by atoms with Crippen LogP contribution in [0.4, 0.5) is 24.5 Å². The molecule has 10 heteroatoms. The van der Waals surface area contributed by atoms with Crippen LogP contribution >= 0.6 is 0 Å². The minimum absolute atomic E-state index is 0.0659. The number of aryl methyl sites for hydroxylation is 1. The van der Waals surface area contributed by atoms with E-state index in [0.717, 1.165) is 17.7 Å². The number of sulfonamides is 1. The van der Waals surface area contributed by atoms with Crippen molar-refractivity contribution in [1.29, 1.82) is 0 Å². The number of hydrogen-bond acceptors (Lipinski definition) is 4. The highest BCUT2D eigenvalue weighted by Crippen LogP contribution is 2.39. The average molecular weight is 462 g/mol. The third-order valence-electron chi connectivity index (χ3n) is 4.95. The van der Waals surface area contributed by atoms with Crippen molar-refractivity contribution >= 4 is 27.3 Å². The highest BCUT2D eigenvalue weighted by atomic mass is 32.2. The molecule has 0 aromatic heterocycles. The van der Waals surface area contributed by atoms with Crippen LogP contribution in [-0.2, 0) is 16.2 Å². The number of amides is 1. The Kier molecular flexibility index (Phi) is 5.12. The van der Waals surface area contributed by atoms with Crippen molar-refractivity contribution < 1.29 is 31.1 Å². The van der Waals surface area contributed by atoms with Gasteiger partial charge in [0, 0.05) is 12.7 Å². The SMILES string of the molecule is Cc1ccc2c(c1)N(C)C(=O)c1cc(NS(=O)(=O)c3ccc(C(F)(F)F)cc3)ccc1O2. The van der Waals surface area contributed by atoms with Gasteiger partial charge in [0.25, 0.3) is 15.9 Å². The minimum Gasteiger partial charge on any atom is -0.454 e. The fourth-order valence-corrected chi connectivity index (χ4v) is 4.32. The van der Waals surface area contributed by atoms with Crippen LogP contribution < -0.4 is 14.4 Å². The topological polar surface area (TPSA) is 75.7 Å². The lowest BCUT2D eigenvalue weighted by molar-refractivity contribution is -0.137. The van der Waals surface area contributed by atoms with Crippen molar-refractivity contribution in [3.05, 3.63) is 77.4 Å². The molecule has 0 spiro atoms. The Morgan fingerprint density at radius 1 is 0.938 bits per heavy atom. The van der Waals surface area contributed by atoms with E-state index in [1.54, 1.807) is 19.2 Å². The van der Waals surface area contributed by atoms with E-state index in [1.807, 2.05) is 13.0 Å². The van der Waals surface area contributed by atoms with E-state index < -0.39 is 27.7 Å². The molecule has 0 radical (unpaired) electrons. The third kappa shape index (κ3) is 4.01. The Balaban J connectivity index is 1.65. The second kappa shape index (κ2) is 7.56. The predicted octanol–water partition coefficient (Wildman–Crippen LogP) is 5.20. The molecule has 0 unspecified atom stereocenters. The lowest BCUT2D eigenvalue weighted by Gasteiger charge is -2.17. The molecule has 166 valence electrons. The number of alkyl halides is 3. The Bertz CT molecular complexity index is 1320. The number of rotatable bonds is 3. The quantitative estimate of drug-likeness (QED) is 0.581. The van der Waals surface area contributed by atoms with Crippen LogP contribution in [0.15, 0.2) is 65.6 Å². The van der Waals surface area contributed by atoms with Crippen molar-refractivity contribution in [2.75, 3.05) is 16.7 Å². The summed E-state index contributed by atoms with van der Waals surface area (Å²) in [6, 6.07) is 12.7. The summed E-state index contributed by atoms with van der Waals surface area (Å²) in [4.78, 5) is 14.1. The molecular weight excluding hydrogens is 445 g/mol. The summed E-state index contributed by atoms with van der Waals surface area (Å²) in [6.45, 7) is 1.88. The zero-order valence-electron chi connectivity index (χ0n) is 16.9. The Morgan fingerprint density at radius 3 is 2.25 bits per heavy atom. The molecule has 4 rings (SSSR count). The second-order valence-corrected chi connectivity index (χ2v) is 8.96. The maximum absolute atomic E-state index is 13.0. The van der Waals surface area contributed by atoms with E-state index >= 15 is 0 Å². The van der Waals surface area contributed by atoms with E-state index in [2.05, 4.69) is 4.72 Å². The number of halogens is 3. The molecule has 1 aliphatic rings. The number of nitrogens with zero attached hydrogens (tertiary/aromatic N) is 1. The summed E-state index contributed by atoms with van der Waals surface area (Å²) in [5.74, 6) is 0.324. The van der Waals surface area contributed by atoms with Gasteiger partial charge in [0.05, 0.1) is 21.7 Å². The molecule has 0 bridgehead atoms. The van der Waals surface area contributed by atoms with Crippen LogP contribution in [0.25, 0.3) is 0 Å². The van der Waals surface area contributed by atoms with Gasteiger partial charge in [-0.2, -0.15) is 13.2 Å². The molecule has 1 heterocycles. The van der Waals surface area contributed by atoms with Crippen LogP contribution in [-0.4, -0.2) is 21.4 Å². The van der Waals surface area contributed by atoms with E-state index in [4.69, 9.17) is 4.74 Å². The van der Waals surface area contributed by atoms with Gasteiger partial charge >= 0.3 is 6.18 Å². The first kappa shape index (κ1) is 21.7. The van der Waals surface area contributed by atoms with Gasteiger partial charge in [0.2, 0.25) is 0 Å². The lowest BCUT2D eigenvalue weighted by atomic mass is 10.1. The molecule has 0 saturated heterocycles. The van der Waals surface area contributed by atoms with Crippen LogP contribution in [0, 0.1) is 6.92 Å². The summed E-state index contributed by atoms with van der Waals surface area (Å²) >= 11 is 0. The first-order valence-corrected chi connectivity index (χ1v) is 10.8. The normalized spacial score (nSPS) is 13.7. The molecule has 0 saturated carbocycles. The van der Waals surface area contributed by atoms with Gasteiger partial charge in [0.15, 0.2) is 5.75 Å². The van der Waals surface area contributed by atoms with Gasteiger partial charge in [0.1, 0.15) is 5.75 Å². The summed E-state index contributed by atoms with van der Waals surface area (Å²) in [5.41, 5.74) is 0.744. The van der Waals surface area contributed by atoms with Crippen molar-refractivity contribution in [2.45, 2.75) is 18.0 Å². The van der Waals surface area contributed by atoms with Crippen molar-refractivity contribution in [3.63, 3.8) is 0 Å². The molecule has 3 aromatic carbocycles. The van der Waals surface area contributed by atoms with Crippen molar-refractivity contribution in [2.24, 2.45) is 0 Å². The Morgan fingerprint density at radius 2 is 1.59 bits per heavy atom. The van der Waals surface area contributed by atoms with Gasteiger partial charge in [-0.05, 0) is 67.1 Å². The number of benzene rings is 3. The van der Waals surface area contributed by atoms with Gasteiger partial charge < -0.3 is 9.64 Å². The molecule has 3 aromatic rings. The van der Waals surface area contributed by atoms with Crippen molar-refractivity contribution in [3.8, 4) is 11.5 Å². The molecule has 1 N–H and O–H groups in total. The highest BCUT2D eigenvalue weighted by Gasteiger charge is 2.31. The van der Waals surface area contributed by atoms with Gasteiger partial charge in [-0.1, -0.05) is 6.07 Å². The van der Waals surface area contributed by atoms with Gasteiger partial charge in [-0.15, -0.1) is 0 Å². The smallest absolute Gasteiger partial charge is 0.416 e. The molecule has 0 atom stereocenters. The standard InChI is InChI=1S/C22H17F3N2O4S/c1-13-3-9-20-18(11-13)27(2)21(28)17-12-15(6-10-19(17)31-20)26-32(29,30)16-7-4-14(5-8-16)22(23,24)25/h3-12,26H,1-2H3. The van der Waals surface area contributed by atoms with Crippen LogP contribution in [0.1, 0.15) is 21.5 Å². The highest BCUT2D eigenvalue weighted by molar-refractivity contribution is 7.92. The monoisotopic (exact) mass is 462 g/mol. The van der Waals surface area contributed by atoms with Gasteiger partial charge in [-0.25, -0.2) is 8.42 Å². The number of carbonyl (C=O) groups excluding carboxylic acids is 1. The number of anilines is 2. The first-order chi connectivity index (χ1) is 15.0. The number of nitrogens with one attached hydrogen (secondary N) is 1. The van der Waals surface area contributed by atoms with Crippen molar-refractivity contribution in [1.82, 2.24) is 0 Å². The van der Waals surface area contributed by atoms with E-state index in [0.29, 0.717) is 23.6 Å². The second-order valence-electron chi connectivity index (χ2n) is 7.28. The molecule has 32 heavy (non-hydrogen) atoms. The fourth-order valence-electron chi connectivity index (χ4n) is 3.27. The number of hydrogen-bond donors (Lipinski definition) is 1. The minimum atomic E-state index is -4.57. The zero-order chi connectivity index (χ0) is 23.3. The molecular formula is C22H17F3N2O4S. The Labute approximate surface area is 182 Å². The predicted molar refractivity (Wildman–Crippen MR) is 113 cm³/mol. The Hall–Kier alpha value is -3.53. The summed E-state index contributed by atoms with van der Waals surface area (Å²) < 4.78 is 71.6.